The quantitative estimate of drug-likeness (QED) is 0.508. The summed E-state index contributed by atoms with van der Waals surface area (Å²) in [5.74, 6) is -0.821. The van der Waals surface area contributed by atoms with Crippen LogP contribution in [0.3, 0.4) is 0 Å². The summed E-state index contributed by atoms with van der Waals surface area (Å²) in [6.45, 7) is 0. The molecule has 0 radical (unpaired) electrons. The van der Waals surface area contributed by atoms with Crippen LogP contribution >= 0.6 is 35.6 Å². The maximum Gasteiger partial charge on any atom is 0.263 e. The first kappa shape index (κ1) is 15.9. The summed E-state index contributed by atoms with van der Waals surface area (Å²) >= 11 is 11.7. The first-order valence-corrected chi connectivity index (χ1v) is 7.82. The molecule has 116 valence electrons. The van der Waals surface area contributed by atoms with Crippen LogP contribution in [-0.4, -0.2) is 20.2 Å². The number of nitrogens with zero attached hydrogens (tertiary/aromatic N) is 2. The van der Waals surface area contributed by atoms with E-state index in [1.54, 1.807) is 30.3 Å². The SMILES string of the molecule is O=C1NC(=S)S/C1=C/c1ccc(Oc2nc(Cl)ncc2F)cc1. The molecule has 1 aliphatic rings. The number of carbonyl (C=O) groups is 1. The van der Waals surface area contributed by atoms with Gasteiger partial charge in [0.2, 0.25) is 11.1 Å². The van der Waals surface area contributed by atoms with Crippen LogP contribution in [0.2, 0.25) is 5.28 Å². The molecule has 2 aromatic rings. The maximum atomic E-state index is 13.5. The Morgan fingerprint density at radius 1 is 1.35 bits per heavy atom. The lowest BCUT2D eigenvalue weighted by atomic mass is 10.2. The van der Waals surface area contributed by atoms with Crippen LogP contribution in [0.1, 0.15) is 5.56 Å². The average molecular weight is 368 g/mol. The largest absolute Gasteiger partial charge is 0.436 e. The van der Waals surface area contributed by atoms with Crippen molar-refractivity contribution in [3.63, 3.8) is 0 Å². The highest BCUT2D eigenvalue weighted by atomic mass is 35.5. The fraction of sp³-hybridized carbons (Fsp3) is 0. The van der Waals surface area contributed by atoms with E-state index in [0.29, 0.717) is 15.0 Å². The third kappa shape index (κ3) is 3.84. The van der Waals surface area contributed by atoms with Gasteiger partial charge in [0.25, 0.3) is 11.8 Å². The Kier molecular flexibility index (Phi) is 4.56. The van der Waals surface area contributed by atoms with Crippen LogP contribution in [0.15, 0.2) is 35.4 Å². The molecule has 2 heterocycles. The third-order valence-electron chi connectivity index (χ3n) is 2.72. The van der Waals surface area contributed by atoms with Gasteiger partial charge >= 0.3 is 0 Å². The van der Waals surface area contributed by atoms with E-state index in [0.717, 1.165) is 11.8 Å². The molecule has 1 amide bonds. The van der Waals surface area contributed by atoms with Gasteiger partial charge in [-0.25, -0.2) is 4.98 Å². The topological polar surface area (TPSA) is 64.1 Å². The highest BCUT2D eigenvalue weighted by Crippen LogP contribution is 2.27. The van der Waals surface area contributed by atoms with Crippen LogP contribution < -0.4 is 10.1 Å². The van der Waals surface area contributed by atoms with Crippen molar-refractivity contribution in [2.24, 2.45) is 0 Å². The van der Waals surface area contributed by atoms with Gasteiger partial charge in [-0.05, 0) is 35.4 Å². The first-order chi connectivity index (χ1) is 11.0. The molecule has 9 heteroatoms. The van der Waals surface area contributed by atoms with Crippen molar-refractivity contribution in [3.8, 4) is 11.6 Å². The van der Waals surface area contributed by atoms with Crippen molar-refractivity contribution in [1.29, 1.82) is 0 Å². The highest BCUT2D eigenvalue weighted by molar-refractivity contribution is 8.26. The summed E-state index contributed by atoms with van der Waals surface area (Å²) in [4.78, 5) is 19.3. The number of hydrogen-bond donors (Lipinski definition) is 1. The minimum atomic E-state index is -0.715. The molecular formula is C14H7ClFN3O2S2. The molecule has 0 bridgehead atoms. The van der Waals surface area contributed by atoms with E-state index in [-0.39, 0.29) is 17.1 Å². The van der Waals surface area contributed by atoms with Crippen LogP contribution in [0, 0.1) is 5.82 Å². The van der Waals surface area contributed by atoms with E-state index in [1.165, 1.54) is 11.8 Å². The van der Waals surface area contributed by atoms with Crippen LogP contribution in [-0.2, 0) is 4.79 Å². The number of aromatic nitrogens is 2. The Morgan fingerprint density at radius 3 is 2.74 bits per heavy atom. The van der Waals surface area contributed by atoms with Crippen molar-refractivity contribution in [2.75, 3.05) is 0 Å². The number of rotatable bonds is 3. The van der Waals surface area contributed by atoms with E-state index in [4.69, 9.17) is 28.6 Å². The lowest BCUT2D eigenvalue weighted by molar-refractivity contribution is -0.115. The van der Waals surface area contributed by atoms with Gasteiger partial charge in [-0.1, -0.05) is 36.1 Å². The van der Waals surface area contributed by atoms with Crippen LogP contribution in [0.4, 0.5) is 4.39 Å². The molecular weight excluding hydrogens is 361 g/mol. The van der Waals surface area contributed by atoms with Crippen molar-refractivity contribution in [2.45, 2.75) is 0 Å². The van der Waals surface area contributed by atoms with Crippen LogP contribution in [0.5, 0.6) is 11.6 Å². The smallest absolute Gasteiger partial charge is 0.263 e. The molecule has 1 saturated heterocycles. The second-order valence-electron chi connectivity index (χ2n) is 4.32. The minimum absolute atomic E-state index is 0.108. The number of carbonyl (C=O) groups excluding carboxylic acids is 1. The summed E-state index contributed by atoms with van der Waals surface area (Å²) in [5, 5.41) is 2.43. The number of thioether (sulfide) groups is 1. The minimum Gasteiger partial charge on any atom is -0.436 e. The standard InChI is InChI=1S/C14H7ClFN3O2S2/c15-13-17-6-9(16)12(19-13)21-8-3-1-7(2-4-8)5-10-11(20)18-14(22)23-10/h1-6H,(H,18,20,22)/b10-5+. The molecule has 0 spiro atoms. The molecule has 1 N–H and O–H groups in total. The molecule has 5 nitrogen and oxygen atoms in total. The number of hydrogen-bond acceptors (Lipinski definition) is 6. The third-order valence-corrected chi connectivity index (χ3v) is 4.06. The summed E-state index contributed by atoms with van der Waals surface area (Å²) < 4.78 is 19.3. The lowest BCUT2D eigenvalue weighted by Gasteiger charge is -2.05. The zero-order chi connectivity index (χ0) is 16.4. The average Bonchev–Trinajstić information content (AvgIpc) is 2.83. The van der Waals surface area contributed by atoms with Gasteiger partial charge in [0.15, 0.2) is 0 Å². The molecule has 23 heavy (non-hydrogen) atoms. The molecule has 0 atom stereocenters. The fourth-order valence-corrected chi connectivity index (χ4v) is 2.89. The Bertz CT molecular complexity index is 827. The molecule has 0 unspecified atom stereocenters. The van der Waals surface area contributed by atoms with Gasteiger partial charge in [-0.3, -0.25) is 4.79 Å². The molecule has 0 saturated carbocycles. The van der Waals surface area contributed by atoms with E-state index in [2.05, 4.69) is 15.3 Å². The number of benzene rings is 1. The van der Waals surface area contributed by atoms with Gasteiger partial charge in [0.1, 0.15) is 10.1 Å². The van der Waals surface area contributed by atoms with E-state index >= 15 is 0 Å². The second-order valence-corrected chi connectivity index (χ2v) is 6.37. The number of nitrogens with one attached hydrogen (secondary N) is 1. The first-order valence-electron chi connectivity index (χ1n) is 6.22. The van der Waals surface area contributed by atoms with Gasteiger partial charge in [0.05, 0.1) is 11.1 Å². The Balaban J connectivity index is 1.77. The van der Waals surface area contributed by atoms with Gasteiger partial charge < -0.3 is 10.1 Å². The maximum absolute atomic E-state index is 13.5. The lowest BCUT2D eigenvalue weighted by Crippen LogP contribution is -2.17. The Hall–Kier alpha value is -2.03. The summed E-state index contributed by atoms with van der Waals surface area (Å²) in [5.41, 5.74) is 0.779. The van der Waals surface area contributed by atoms with E-state index in [9.17, 15) is 9.18 Å². The Labute approximate surface area is 144 Å². The number of amides is 1. The summed E-state index contributed by atoms with van der Waals surface area (Å²) in [6.07, 6.45) is 2.63. The van der Waals surface area contributed by atoms with Gasteiger partial charge in [0, 0.05) is 0 Å². The van der Waals surface area contributed by atoms with E-state index < -0.39 is 5.82 Å². The summed E-state index contributed by atoms with van der Waals surface area (Å²) in [6, 6.07) is 6.69. The second kappa shape index (κ2) is 6.61. The zero-order valence-corrected chi connectivity index (χ0v) is 13.6. The van der Waals surface area contributed by atoms with Gasteiger partial charge in [-0.2, -0.15) is 9.37 Å². The number of halogens is 2. The van der Waals surface area contributed by atoms with E-state index in [1.807, 2.05) is 0 Å². The predicted molar refractivity (Wildman–Crippen MR) is 89.8 cm³/mol. The zero-order valence-electron chi connectivity index (χ0n) is 11.2. The predicted octanol–water partition coefficient (Wildman–Crippen LogP) is 3.55. The molecule has 0 aliphatic carbocycles. The van der Waals surface area contributed by atoms with Crippen molar-refractivity contribution in [1.82, 2.24) is 15.3 Å². The molecule has 1 aliphatic heterocycles. The van der Waals surface area contributed by atoms with Crippen molar-refractivity contribution < 1.29 is 13.9 Å². The number of thiocarbonyl (C=S) groups is 1. The monoisotopic (exact) mass is 367 g/mol. The Morgan fingerprint density at radius 2 is 2.09 bits per heavy atom. The molecule has 1 aromatic heterocycles. The molecule has 1 aromatic carbocycles. The molecule has 3 rings (SSSR count). The normalized spacial score (nSPS) is 15.8. The van der Waals surface area contributed by atoms with Crippen molar-refractivity contribution in [3.05, 3.63) is 52.0 Å². The molecule has 1 fully saturated rings. The number of ether oxygens (including phenoxy) is 1. The van der Waals surface area contributed by atoms with Gasteiger partial charge in [-0.15, -0.1) is 0 Å². The van der Waals surface area contributed by atoms with Crippen molar-refractivity contribution >= 4 is 51.9 Å². The highest BCUT2D eigenvalue weighted by Gasteiger charge is 2.21. The summed E-state index contributed by atoms with van der Waals surface area (Å²) in [7, 11) is 0. The van der Waals surface area contributed by atoms with Crippen LogP contribution in [0.25, 0.3) is 6.08 Å². The fourth-order valence-electron chi connectivity index (χ4n) is 1.72.